The van der Waals surface area contributed by atoms with Crippen LogP contribution in [0, 0.1) is 5.92 Å². The summed E-state index contributed by atoms with van der Waals surface area (Å²) in [6.07, 6.45) is -6.40. The van der Waals surface area contributed by atoms with Crippen molar-refractivity contribution in [2.24, 2.45) is 5.92 Å². The van der Waals surface area contributed by atoms with Crippen LogP contribution in [0.15, 0.2) is 30.3 Å². The van der Waals surface area contributed by atoms with Crippen molar-refractivity contribution in [2.75, 3.05) is 6.61 Å². The van der Waals surface area contributed by atoms with E-state index in [0.29, 0.717) is 0 Å². The fourth-order valence-corrected chi connectivity index (χ4v) is 1.72. The lowest BCUT2D eigenvalue weighted by molar-refractivity contribution is -0.333. The summed E-state index contributed by atoms with van der Waals surface area (Å²) in [4.78, 5) is 23.6. The Kier molecular flexibility index (Phi) is 6.70. The van der Waals surface area contributed by atoms with Crippen LogP contribution < -0.4 is 0 Å². The Bertz CT molecular complexity index is 630. The third kappa shape index (κ3) is 4.48. The lowest BCUT2D eigenvalue weighted by Gasteiger charge is -2.32. The van der Waals surface area contributed by atoms with Crippen molar-refractivity contribution in [3.05, 3.63) is 35.9 Å². The minimum Gasteiger partial charge on any atom is -0.463 e. The van der Waals surface area contributed by atoms with Gasteiger partial charge >= 0.3 is 29.6 Å². The number of rotatable bonds is 7. The van der Waals surface area contributed by atoms with Gasteiger partial charge < -0.3 is 14.6 Å². The monoisotopic (exact) mass is 384 g/mol. The zero-order valence-corrected chi connectivity index (χ0v) is 13.8. The van der Waals surface area contributed by atoms with Crippen molar-refractivity contribution in [2.45, 2.75) is 38.2 Å². The number of hydrogen-bond donors (Lipinski definition) is 1. The molecule has 5 nitrogen and oxygen atoms in total. The first-order valence-corrected chi connectivity index (χ1v) is 7.39. The van der Waals surface area contributed by atoms with E-state index in [9.17, 15) is 36.6 Å². The summed E-state index contributed by atoms with van der Waals surface area (Å²) in [6.45, 7) is 1.64. The SMILES string of the molecule is CC(C)COC(=O)C(O)(C(=O)OCc1ccccc1)C(F)(F)C(F)(F)F. The van der Waals surface area contributed by atoms with E-state index in [0.717, 1.165) is 0 Å². The second-order valence-corrected chi connectivity index (χ2v) is 5.84. The topological polar surface area (TPSA) is 72.8 Å². The minimum absolute atomic E-state index is 0.245. The zero-order valence-electron chi connectivity index (χ0n) is 13.8. The Labute approximate surface area is 145 Å². The molecule has 10 heteroatoms. The standard InChI is InChI=1S/C16H17F5O5/c1-10(2)8-25-12(22)14(24,15(17,18)16(19,20)21)13(23)26-9-11-6-4-3-5-7-11/h3-7,10,24H,8-9H2,1-2H3. The average Bonchev–Trinajstić information content (AvgIpc) is 2.56. The van der Waals surface area contributed by atoms with Gasteiger partial charge in [0.1, 0.15) is 6.61 Å². The zero-order chi connectivity index (χ0) is 20.2. The third-order valence-electron chi connectivity index (χ3n) is 3.16. The van der Waals surface area contributed by atoms with Gasteiger partial charge in [0, 0.05) is 0 Å². The van der Waals surface area contributed by atoms with E-state index in [1.54, 1.807) is 6.07 Å². The van der Waals surface area contributed by atoms with E-state index < -0.39 is 48.8 Å². The molecule has 1 aromatic carbocycles. The van der Waals surface area contributed by atoms with Crippen LogP contribution in [-0.2, 0) is 25.7 Å². The molecule has 1 aromatic rings. The normalized spacial score (nSPS) is 14.7. The van der Waals surface area contributed by atoms with E-state index in [1.807, 2.05) is 0 Å². The number of benzene rings is 1. The van der Waals surface area contributed by atoms with Crippen LogP contribution >= 0.6 is 0 Å². The van der Waals surface area contributed by atoms with Gasteiger partial charge in [-0.3, -0.25) is 0 Å². The highest BCUT2D eigenvalue weighted by Gasteiger charge is 2.78. The van der Waals surface area contributed by atoms with Crippen molar-refractivity contribution >= 4 is 11.9 Å². The molecule has 0 saturated heterocycles. The van der Waals surface area contributed by atoms with Gasteiger partial charge in [-0.25, -0.2) is 9.59 Å². The fraction of sp³-hybridized carbons (Fsp3) is 0.500. The van der Waals surface area contributed by atoms with Crippen LogP contribution in [0.2, 0.25) is 0 Å². The molecule has 0 amide bonds. The maximum atomic E-state index is 13.8. The minimum atomic E-state index is -6.40. The Morgan fingerprint density at radius 1 is 1.00 bits per heavy atom. The maximum absolute atomic E-state index is 13.8. The molecule has 146 valence electrons. The van der Waals surface area contributed by atoms with E-state index >= 15 is 0 Å². The molecule has 0 heterocycles. The van der Waals surface area contributed by atoms with Crippen molar-refractivity contribution < 1.29 is 46.1 Å². The smallest absolute Gasteiger partial charge is 0.457 e. The van der Waals surface area contributed by atoms with Crippen LogP contribution in [-0.4, -0.2) is 41.4 Å². The molecule has 0 aliphatic heterocycles. The first kappa shape index (κ1) is 21.8. The summed E-state index contributed by atoms with van der Waals surface area (Å²) in [5.74, 6) is -11.5. The molecule has 0 bridgehead atoms. The predicted molar refractivity (Wildman–Crippen MR) is 78.0 cm³/mol. The molecule has 0 aromatic heterocycles. The molecule has 26 heavy (non-hydrogen) atoms. The lowest BCUT2D eigenvalue weighted by Crippen LogP contribution is -2.67. The number of aliphatic hydroxyl groups is 1. The molecule has 1 unspecified atom stereocenters. The molecule has 0 radical (unpaired) electrons. The predicted octanol–water partition coefficient (Wildman–Crippen LogP) is 2.86. The van der Waals surface area contributed by atoms with E-state index in [-0.39, 0.29) is 5.56 Å². The van der Waals surface area contributed by atoms with Crippen molar-refractivity contribution in [3.63, 3.8) is 0 Å². The number of esters is 2. The molecule has 0 aliphatic rings. The fourth-order valence-electron chi connectivity index (χ4n) is 1.72. The number of halogens is 5. The van der Waals surface area contributed by atoms with Gasteiger partial charge in [0.2, 0.25) is 0 Å². The van der Waals surface area contributed by atoms with Crippen LogP contribution in [0.1, 0.15) is 19.4 Å². The molecule has 0 aliphatic carbocycles. The highest BCUT2D eigenvalue weighted by atomic mass is 19.4. The molecule has 0 spiro atoms. The van der Waals surface area contributed by atoms with Gasteiger partial charge in [0.05, 0.1) is 6.61 Å². The Balaban J connectivity index is 3.14. The van der Waals surface area contributed by atoms with Crippen LogP contribution in [0.5, 0.6) is 0 Å². The highest BCUT2D eigenvalue weighted by Crippen LogP contribution is 2.45. The molecule has 1 atom stereocenters. The summed E-state index contributed by atoms with van der Waals surface area (Å²) in [5.41, 5.74) is -4.62. The van der Waals surface area contributed by atoms with Gasteiger partial charge in [-0.1, -0.05) is 44.2 Å². The first-order valence-electron chi connectivity index (χ1n) is 7.39. The largest absolute Gasteiger partial charge is 0.463 e. The maximum Gasteiger partial charge on any atom is 0.457 e. The van der Waals surface area contributed by atoms with Gasteiger partial charge in [-0.15, -0.1) is 0 Å². The molecular weight excluding hydrogens is 367 g/mol. The van der Waals surface area contributed by atoms with E-state index in [2.05, 4.69) is 9.47 Å². The molecule has 1 N–H and O–H groups in total. The van der Waals surface area contributed by atoms with Gasteiger partial charge in [0.25, 0.3) is 0 Å². The number of carbonyl (C=O) groups excluding carboxylic acids is 2. The van der Waals surface area contributed by atoms with Crippen LogP contribution in [0.25, 0.3) is 0 Å². The van der Waals surface area contributed by atoms with Gasteiger partial charge in [-0.05, 0) is 11.5 Å². The second-order valence-electron chi connectivity index (χ2n) is 5.84. The molecule has 0 fully saturated rings. The Hall–Kier alpha value is -2.23. The lowest BCUT2D eigenvalue weighted by atomic mass is 9.94. The van der Waals surface area contributed by atoms with Crippen LogP contribution in [0.3, 0.4) is 0 Å². The van der Waals surface area contributed by atoms with E-state index in [1.165, 1.54) is 38.1 Å². The molecule has 1 rings (SSSR count). The number of alkyl halides is 5. The first-order chi connectivity index (χ1) is 11.8. The summed E-state index contributed by atoms with van der Waals surface area (Å²) >= 11 is 0. The summed E-state index contributed by atoms with van der Waals surface area (Å²) < 4.78 is 74.2. The van der Waals surface area contributed by atoms with Crippen molar-refractivity contribution in [1.29, 1.82) is 0 Å². The molecule has 0 saturated carbocycles. The van der Waals surface area contributed by atoms with Gasteiger partial charge in [0.15, 0.2) is 0 Å². The van der Waals surface area contributed by atoms with E-state index in [4.69, 9.17) is 0 Å². The number of ether oxygens (including phenoxy) is 2. The molecular formula is C16H17F5O5. The van der Waals surface area contributed by atoms with Crippen molar-refractivity contribution in [1.82, 2.24) is 0 Å². The second kappa shape index (κ2) is 7.98. The number of carbonyl (C=O) groups is 2. The summed E-state index contributed by atoms with van der Waals surface area (Å²) in [6, 6.07) is 7.37. The van der Waals surface area contributed by atoms with Gasteiger partial charge in [-0.2, -0.15) is 22.0 Å². The van der Waals surface area contributed by atoms with Crippen molar-refractivity contribution in [3.8, 4) is 0 Å². The Morgan fingerprint density at radius 2 is 1.50 bits per heavy atom. The summed E-state index contributed by atoms with van der Waals surface area (Å²) in [7, 11) is 0. The van der Waals surface area contributed by atoms with Crippen LogP contribution in [0.4, 0.5) is 22.0 Å². The number of hydrogen-bond acceptors (Lipinski definition) is 5. The quantitative estimate of drug-likeness (QED) is 0.445. The third-order valence-corrected chi connectivity index (χ3v) is 3.16. The highest BCUT2D eigenvalue weighted by molar-refractivity contribution is 6.04. The summed E-state index contributed by atoms with van der Waals surface area (Å²) in [5, 5.41) is 9.78. The average molecular weight is 384 g/mol. The Morgan fingerprint density at radius 3 is 1.96 bits per heavy atom.